The van der Waals surface area contributed by atoms with E-state index in [1.165, 1.54) is 11.3 Å². The maximum atomic E-state index is 14.4. The molecule has 0 N–H and O–H groups in total. The monoisotopic (exact) mass is 660 g/mol. The van der Waals surface area contributed by atoms with Gasteiger partial charge in [0.2, 0.25) is 0 Å². The van der Waals surface area contributed by atoms with Crippen molar-refractivity contribution in [3.8, 4) is 11.1 Å². The van der Waals surface area contributed by atoms with Crippen LogP contribution in [0.3, 0.4) is 0 Å². The van der Waals surface area contributed by atoms with Gasteiger partial charge >= 0.3 is 5.97 Å². The number of nitriles is 1. The lowest BCUT2D eigenvalue weighted by Gasteiger charge is -2.26. The Morgan fingerprint density at radius 3 is 2.40 bits per heavy atom. The summed E-state index contributed by atoms with van der Waals surface area (Å²) in [7, 11) is 0. The molecule has 0 saturated heterocycles. The molecular formula is C38H36N4O3S2. The molecule has 0 fully saturated rings. The Hall–Kier alpha value is -4.78. The fourth-order valence-corrected chi connectivity index (χ4v) is 8.31. The Balaban J connectivity index is 1.60. The smallest absolute Gasteiger partial charge is 0.338 e. The predicted molar refractivity (Wildman–Crippen MR) is 189 cm³/mol. The maximum Gasteiger partial charge on any atom is 0.338 e. The lowest BCUT2D eigenvalue weighted by Crippen LogP contribution is -2.40. The average Bonchev–Trinajstić information content (AvgIpc) is 3.64. The Morgan fingerprint density at radius 1 is 1.06 bits per heavy atom. The fraction of sp³-hybridized carbons (Fsp3) is 0.263. The minimum atomic E-state index is -0.730. The number of thiophene rings is 1. The highest BCUT2D eigenvalue weighted by Gasteiger charge is 2.35. The highest BCUT2D eigenvalue weighted by molar-refractivity contribution is 7.15. The second-order valence-electron chi connectivity index (χ2n) is 12.0. The molecule has 0 saturated carbocycles. The first-order valence-electron chi connectivity index (χ1n) is 15.6. The molecule has 1 aliphatic rings. The lowest BCUT2D eigenvalue weighted by atomic mass is 9.91. The Labute approximate surface area is 282 Å². The van der Waals surface area contributed by atoms with Crippen LogP contribution in [-0.4, -0.2) is 21.7 Å². The minimum Gasteiger partial charge on any atom is -0.463 e. The molecule has 3 aromatic heterocycles. The Bertz CT molecular complexity index is 2280. The van der Waals surface area contributed by atoms with Crippen LogP contribution in [0.1, 0.15) is 82.4 Å². The predicted octanol–water partition coefficient (Wildman–Crippen LogP) is 7.02. The van der Waals surface area contributed by atoms with Crippen molar-refractivity contribution in [2.45, 2.75) is 60.4 Å². The number of carbonyl (C=O) groups is 1. The average molecular weight is 661 g/mol. The van der Waals surface area contributed by atoms with Gasteiger partial charge in [0.15, 0.2) is 4.80 Å². The second-order valence-corrected chi connectivity index (χ2v) is 14.2. The van der Waals surface area contributed by atoms with Crippen molar-refractivity contribution in [1.29, 1.82) is 5.26 Å². The first-order chi connectivity index (χ1) is 22.5. The van der Waals surface area contributed by atoms with Crippen LogP contribution in [0.5, 0.6) is 0 Å². The van der Waals surface area contributed by atoms with E-state index in [4.69, 9.17) is 9.73 Å². The van der Waals surface area contributed by atoms with E-state index in [-0.39, 0.29) is 12.2 Å². The molecule has 0 radical (unpaired) electrons. The number of carbonyl (C=O) groups excluding carboxylic acids is 1. The molecule has 4 heterocycles. The van der Waals surface area contributed by atoms with E-state index >= 15 is 0 Å². The van der Waals surface area contributed by atoms with Crippen LogP contribution < -0.4 is 14.9 Å². The van der Waals surface area contributed by atoms with Gasteiger partial charge in [-0.05, 0) is 74.9 Å². The third-order valence-corrected chi connectivity index (χ3v) is 10.9. The zero-order valence-corrected chi connectivity index (χ0v) is 29.2. The zero-order valence-electron chi connectivity index (χ0n) is 27.5. The zero-order chi connectivity index (χ0) is 33.6. The molecule has 0 aliphatic carbocycles. The molecule has 7 nitrogen and oxygen atoms in total. The summed E-state index contributed by atoms with van der Waals surface area (Å²) in [6.45, 7) is 14.3. The van der Waals surface area contributed by atoms with Gasteiger partial charge in [0, 0.05) is 21.8 Å². The molecule has 1 aliphatic heterocycles. The maximum absolute atomic E-state index is 14.4. The van der Waals surface area contributed by atoms with Gasteiger partial charge in [-0.25, -0.2) is 9.79 Å². The van der Waals surface area contributed by atoms with Gasteiger partial charge in [-0.15, -0.1) is 11.3 Å². The number of ether oxygens (including phenoxy) is 1. The molecule has 47 heavy (non-hydrogen) atoms. The van der Waals surface area contributed by atoms with Gasteiger partial charge in [-0.2, -0.15) is 5.26 Å². The SMILES string of the molecule is CCOC(=O)C1=C(c2ccccc2)N=c2s/c(=C/c3cc(C)n(-c4sc(C)c(C)c4C#N)c3C)c(=O)n2[C@H]1c1ccc(C(C)C)cc1. The number of aryl methyl sites for hydroxylation is 2. The Kier molecular flexibility index (Phi) is 8.75. The van der Waals surface area contributed by atoms with Gasteiger partial charge in [0.1, 0.15) is 11.1 Å². The molecule has 6 rings (SSSR count). The molecular weight excluding hydrogens is 625 g/mol. The van der Waals surface area contributed by atoms with E-state index < -0.39 is 12.0 Å². The largest absolute Gasteiger partial charge is 0.463 e. The summed E-state index contributed by atoms with van der Waals surface area (Å²) in [4.78, 5) is 34.8. The lowest BCUT2D eigenvalue weighted by molar-refractivity contribution is -0.138. The molecule has 0 spiro atoms. The van der Waals surface area contributed by atoms with Crippen LogP contribution in [0.2, 0.25) is 0 Å². The molecule has 0 bridgehead atoms. The number of rotatable bonds is 7. The number of aromatic nitrogens is 2. The van der Waals surface area contributed by atoms with Gasteiger partial charge < -0.3 is 9.30 Å². The number of hydrogen-bond donors (Lipinski definition) is 0. The van der Waals surface area contributed by atoms with Crippen LogP contribution >= 0.6 is 22.7 Å². The number of nitrogens with zero attached hydrogens (tertiary/aromatic N) is 4. The summed E-state index contributed by atoms with van der Waals surface area (Å²) in [5.74, 6) is -0.170. The fourth-order valence-electron chi connectivity index (χ4n) is 6.10. The molecule has 5 aromatic rings. The number of fused-ring (bicyclic) bond motifs is 1. The highest BCUT2D eigenvalue weighted by Crippen LogP contribution is 2.36. The van der Waals surface area contributed by atoms with E-state index in [1.807, 2.05) is 82.3 Å². The quantitative estimate of drug-likeness (QED) is 0.176. The molecule has 238 valence electrons. The number of thiazole rings is 1. The van der Waals surface area contributed by atoms with Crippen molar-refractivity contribution >= 4 is 40.4 Å². The summed E-state index contributed by atoms with van der Waals surface area (Å²) in [6, 6.07) is 21.4. The summed E-state index contributed by atoms with van der Waals surface area (Å²) in [6.07, 6.45) is 1.90. The topological polar surface area (TPSA) is 89.4 Å². The molecule has 0 amide bonds. The third-order valence-electron chi connectivity index (χ3n) is 8.73. The van der Waals surface area contributed by atoms with E-state index in [1.54, 1.807) is 22.8 Å². The van der Waals surface area contributed by atoms with Crippen LogP contribution in [-0.2, 0) is 9.53 Å². The molecule has 2 aromatic carbocycles. The first kappa shape index (κ1) is 32.2. The minimum absolute atomic E-state index is 0.195. The normalized spacial score (nSPS) is 14.7. The van der Waals surface area contributed by atoms with Crippen molar-refractivity contribution in [3.63, 3.8) is 0 Å². The van der Waals surface area contributed by atoms with Gasteiger partial charge in [-0.3, -0.25) is 9.36 Å². The van der Waals surface area contributed by atoms with Crippen molar-refractivity contribution in [3.05, 3.63) is 136 Å². The molecule has 1 atom stereocenters. The summed E-state index contributed by atoms with van der Waals surface area (Å²) in [5, 5.41) is 10.8. The summed E-state index contributed by atoms with van der Waals surface area (Å²) >= 11 is 2.90. The van der Waals surface area contributed by atoms with Crippen molar-refractivity contribution in [1.82, 2.24) is 9.13 Å². The van der Waals surface area contributed by atoms with Crippen LogP contribution in [0.25, 0.3) is 16.8 Å². The van der Waals surface area contributed by atoms with Crippen molar-refractivity contribution < 1.29 is 9.53 Å². The van der Waals surface area contributed by atoms with Crippen LogP contribution in [0, 0.1) is 39.0 Å². The number of hydrogen-bond acceptors (Lipinski definition) is 7. The van der Waals surface area contributed by atoms with Crippen LogP contribution in [0.4, 0.5) is 0 Å². The number of esters is 1. The van der Waals surface area contributed by atoms with Gasteiger partial charge in [0.25, 0.3) is 5.56 Å². The van der Waals surface area contributed by atoms with E-state index in [0.29, 0.717) is 32.1 Å². The third kappa shape index (κ3) is 5.62. The van der Waals surface area contributed by atoms with E-state index in [9.17, 15) is 14.9 Å². The number of benzene rings is 2. The molecule has 9 heteroatoms. The van der Waals surface area contributed by atoms with Crippen LogP contribution in [0.15, 0.2) is 76.0 Å². The standard InChI is InChI=1S/C38H36N4O3S2/c1-8-45-37(44)32-33(27-12-10-9-11-13-27)40-38-42(34(32)28-16-14-26(15-17-28)21(2)3)35(43)31(47-38)19-29-18-22(4)41(24(29)6)36-30(20-39)23(5)25(7)46-36/h9-19,21,34H,8H2,1-7H3/b31-19+/t34-/m0/s1. The Morgan fingerprint density at radius 2 is 1.77 bits per heavy atom. The summed E-state index contributed by atoms with van der Waals surface area (Å²) < 4.78 is 9.84. The van der Waals surface area contributed by atoms with E-state index in [2.05, 4.69) is 36.6 Å². The van der Waals surface area contributed by atoms with Gasteiger partial charge in [0.05, 0.1) is 34.0 Å². The second kappa shape index (κ2) is 12.8. The first-order valence-corrected chi connectivity index (χ1v) is 17.3. The van der Waals surface area contributed by atoms with Crippen molar-refractivity contribution in [2.75, 3.05) is 6.61 Å². The van der Waals surface area contributed by atoms with Crippen molar-refractivity contribution in [2.24, 2.45) is 4.99 Å². The summed E-state index contributed by atoms with van der Waals surface area (Å²) in [5.41, 5.74) is 7.79. The van der Waals surface area contributed by atoms with E-state index in [0.717, 1.165) is 49.1 Å². The molecule has 0 unspecified atom stereocenters. The highest BCUT2D eigenvalue weighted by atomic mass is 32.1. The van der Waals surface area contributed by atoms with Gasteiger partial charge in [-0.1, -0.05) is 79.8 Å².